The first-order chi connectivity index (χ1) is 11.7. The molecule has 1 aliphatic carbocycles. The summed E-state index contributed by atoms with van der Waals surface area (Å²) in [6, 6.07) is 6.06. The molecule has 3 aromatic heterocycles. The number of rotatable bonds is 5. The van der Waals surface area contributed by atoms with Crippen molar-refractivity contribution in [2.45, 2.75) is 26.2 Å². The maximum atomic E-state index is 4.57. The predicted molar refractivity (Wildman–Crippen MR) is 92.2 cm³/mol. The van der Waals surface area contributed by atoms with Crippen molar-refractivity contribution < 1.29 is 0 Å². The second-order valence-corrected chi connectivity index (χ2v) is 6.29. The highest BCUT2D eigenvalue weighted by molar-refractivity contribution is 5.51. The predicted octanol–water partition coefficient (Wildman–Crippen LogP) is 2.89. The van der Waals surface area contributed by atoms with Crippen molar-refractivity contribution in [3.05, 3.63) is 59.9 Å². The van der Waals surface area contributed by atoms with E-state index in [1.165, 1.54) is 12.0 Å². The van der Waals surface area contributed by atoms with E-state index in [0.29, 0.717) is 11.8 Å². The molecule has 0 saturated heterocycles. The van der Waals surface area contributed by atoms with Crippen molar-refractivity contribution in [1.82, 2.24) is 24.7 Å². The Bertz CT molecular complexity index is 828. The molecule has 1 saturated carbocycles. The zero-order valence-corrected chi connectivity index (χ0v) is 13.8. The van der Waals surface area contributed by atoms with Crippen molar-refractivity contribution in [2.75, 3.05) is 11.9 Å². The van der Waals surface area contributed by atoms with Crippen molar-refractivity contribution in [3.63, 3.8) is 0 Å². The van der Waals surface area contributed by atoms with Crippen LogP contribution in [0.15, 0.2) is 43.0 Å². The molecule has 3 aromatic rings. The van der Waals surface area contributed by atoms with Crippen LogP contribution in [0.3, 0.4) is 0 Å². The van der Waals surface area contributed by atoms with Crippen LogP contribution in [-0.2, 0) is 0 Å². The molecule has 0 bridgehead atoms. The third kappa shape index (κ3) is 2.87. The fraction of sp³-hybridized carbons (Fsp3) is 0.333. The highest BCUT2D eigenvalue weighted by Gasteiger charge is 2.38. The molecule has 0 radical (unpaired) electrons. The van der Waals surface area contributed by atoms with Crippen LogP contribution in [0, 0.1) is 19.8 Å². The summed E-state index contributed by atoms with van der Waals surface area (Å²) in [4.78, 5) is 13.3. The van der Waals surface area contributed by atoms with Gasteiger partial charge in [-0.1, -0.05) is 6.07 Å². The average Bonchev–Trinajstić information content (AvgIpc) is 3.17. The zero-order chi connectivity index (χ0) is 16.5. The molecule has 6 heteroatoms. The number of aryl methyl sites for hydroxylation is 1. The molecule has 24 heavy (non-hydrogen) atoms. The number of nitrogens with one attached hydrogen (secondary N) is 1. The van der Waals surface area contributed by atoms with E-state index in [-0.39, 0.29) is 0 Å². The van der Waals surface area contributed by atoms with Gasteiger partial charge in [-0.05, 0) is 49.8 Å². The number of pyridine rings is 1. The Labute approximate surface area is 141 Å². The van der Waals surface area contributed by atoms with Gasteiger partial charge in [0.1, 0.15) is 11.6 Å². The van der Waals surface area contributed by atoms with Gasteiger partial charge in [-0.3, -0.25) is 4.98 Å². The SMILES string of the molecule is Cc1nc(NC[C@@H]2C[C@H]2c2cccnc2)c(C)c(-n2cccn2)n1. The standard InChI is InChI=1S/C18H20N6/c1-12-17(22-13(2)23-18(12)24-8-4-7-21-24)20-11-15-9-16(15)14-5-3-6-19-10-14/h3-8,10,15-16H,9,11H2,1-2H3,(H,20,22,23)/t15-,16-/m0/s1. The van der Waals surface area contributed by atoms with Crippen LogP contribution in [0.1, 0.15) is 29.3 Å². The van der Waals surface area contributed by atoms with Crippen LogP contribution in [0.4, 0.5) is 5.82 Å². The first-order valence-electron chi connectivity index (χ1n) is 8.21. The molecule has 0 aliphatic heterocycles. The number of hydrogen-bond acceptors (Lipinski definition) is 5. The summed E-state index contributed by atoms with van der Waals surface area (Å²) >= 11 is 0. The Morgan fingerprint density at radius 1 is 1.21 bits per heavy atom. The molecule has 122 valence electrons. The summed E-state index contributed by atoms with van der Waals surface area (Å²) in [5.74, 6) is 3.71. The minimum absolute atomic E-state index is 0.611. The fourth-order valence-electron chi connectivity index (χ4n) is 3.11. The largest absolute Gasteiger partial charge is 0.369 e. The number of aromatic nitrogens is 5. The zero-order valence-electron chi connectivity index (χ0n) is 13.8. The monoisotopic (exact) mass is 320 g/mol. The lowest BCUT2D eigenvalue weighted by molar-refractivity contribution is 0.805. The molecule has 2 atom stereocenters. The van der Waals surface area contributed by atoms with Crippen LogP contribution in [-0.4, -0.2) is 31.3 Å². The van der Waals surface area contributed by atoms with Gasteiger partial charge in [0, 0.05) is 36.9 Å². The van der Waals surface area contributed by atoms with E-state index in [1.807, 2.05) is 44.6 Å². The van der Waals surface area contributed by atoms with E-state index < -0.39 is 0 Å². The molecule has 0 spiro atoms. The van der Waals surface area contributed by atoms with Gasteiger partial charge in [-0.15, -0.1) is 0 Å². The van der Waals surface area contributed by atoms with Gasteiger partial charge in [-0.2, -0.15) is 5.10 Å². The van der Waals surface area contributed by atoms with Crippen LogP contribution in [0.2, 0.25) is 0 Å². The topological polar surface area (TPSA) is 68.5 Å². The molecule has 0 aromatic carbocycles. The Morgan fingerprint density at radius 3 is 2.88 bits per heavy atom. The minimum Gasteiger partial charge on any atom is -0.369 e. The molecule has 0 unspecified atom stereocenters. The summed E-state index contributed by atoms with van der Waals surface area (Å²) in [6.45, 7) is 4.85. The minimum atomic E-state index is 0.611. The lowest BCUT2D eigenvalue weighted by Crippen LogP contribution is -2.12. The molecule has 1 N–H and O–H groups in total. The summed E-state index contributed by atoms with van der Waals surface area (Å²) in [6.07, 6.45) is 8.65. The van der Waals surface area contributed by atoms with Crippen molar-refractivity contribution in [2.24, 2.45) is 5.92 Å². The number of nitrogens with zero attached hydrogens (tertiary/aromatic N) is 5. The molecule has 3 heterocycles. The molecular formula is C18H20N6. The van der Waals surface area contributed by atoms with E-state index in [2.05, 4.69) is 31.4 Å². The Morgan fingerprint density at radius 2 is 2.12 bits per heavy atom. The number of anilines is 1. The highest BCUT2D eigenvalue weighted by atomic mass is 15.3. The average molecular weight is 320 g/mol. The van der Waals surface area contributed by atoms with Gasteiger partial charge in [0.25, 0.3) is 0 Å². The molecule has 0 amide bonds. The maximum Gasteiger partial charge on any atom is 0.162 e. The summed E-state index contributed by atoms with van der Waals surface area (Å²) in [7, 11) is 0. The van der Waals surface area contributed by atoms with Gasteiger partial charge in [-0.25, -0.2) is 14.6 Å². The second-order valence-electron chi connectivity index (χ2n) is 6.29. The normalized spacial score (nSPS) is 19.2. The molecule has 6 nitrogen and oxygen atoms in total. The molecule has 1 fully saturated rings. The lowest BCUT2D eigenvalue weighted by Gasteiger charge is -2.13. The Balaban J connectivity index is 1.48. The first kappa shape index (κ1) is 14.8. The lowest BCUT2D eigenvalue weighted by atomic mass is 10.1. The second kappa shape index (κ2) is 6.03. The van der Waals surface area contributed by atoms with Crippen molar-refractivity contribution in [1.29, 1.82) is 0 Å². The van der Waals surface area contributed by atoms with Crippen LogP contribution in [0.5, 0.6) is 0 Å². The molecule has 4 rings (SSSR count). The van der Waals surface area contributed by atoms with Crippen LogP contribution in [0.25, 0.3) is 5.82 Å². The summed E-state index contributed by atoms with van der Waals surface area (Å²) < 4.78 is 1.78. The fourth-order valence-corrected chi connectivity index (χ4v) is 3.11. The van der Waals surface area contributed by atoms with Gasteiger partial charge in [0.05, 0.1) is 0 Å². The van der Waals surface area contributed by atoms with Crippen molar-refractivity contribution >= 4 is 5.82 Å². The van der Waals surface area contributed by atoms with Gasteiger partial charge in [0.2, 0.25) is 0 Å². The third-order valence-corrected chi connectivity index (χ3v) is 4.52. The van der Waals surface area contributed by atoms with E-state index in [0.717, 1.165) is 29.6 Å². The van der Waals surface area contributed by atoms with Gasteiger partial charge in [0.15, 0.2) is 5.82 Å². The van der Waals surface area contributed by atoms with E-state index in [4.69, 9.17) is 0 Å². The Hall–Kier alpha value is -2.76. The van der Waals surface area contributed by atoms with E-state index >= 15 is 0 Å². The maximum absolute atomic E-state index is 4.57. The van der Waals surface area contributed by atoms with Gasteiger partial charge >= 0.3 is 0 Å². The van der Waals surface area contributed by atoms with E-state index in [9.17, 15) is 0 Å². The summed E-state index contributed by atoms with van der Waals surface area (Å²) in [5, 5.41) is 7.79. The third-order valence-electron chi connectivity index (χ3n) is 4.52. The molecule has 1 aliphatic rings. The highest BCUT2D eigenvalue weighted by Crippen LogP contribution is 2.47. The van der Waals surface area contributed by atoms with E-state index in [1.54, 1.807) is 10.9 Å². The molecular weight excluding hydrogens is 300 g/mol. The first-order valence-corrected chi connectivity index (χ1v) is 8.21. The Kier molecular flexibility index (Phi) is 3.72. The van der Waals surface area contributed by atoms with Crippen LogP contribution >= 0.6 is 0 Å². The van der Waals surface area contributed by atoms with Crippen LogP contribution < -0.4 is 5.32 Å². The summed E-state index contributed by atoms with van der Waals surface area (Å²) in [5.41, 5.74) is 2.35. The quantitative estimate of drug-likeness (QED) is 0.783. The van der Waals surface area contributed by atoms with Crippen molar-refractivity contribution in [3.8, 4) is 5.82 Å². The smallest absolute Gasteiger partial charge is 0.162 e. The number of hydrogen-bond donors (Lipinski definition) is 1. The van der Waals surface area contributed by atoms with Gasteiger partial charge < -0.3 is 5.32 Å².